The van der Waals surface area contributed by atoms with Crippen molar-refractivity contribution in [3.8, 4) is 0 Å². The molecule has 0 saturated heterocycles. The molecule has 0 spiro atoms. The van der Waals surface area contributed by atoms with Crippen LogP contribution in [0.2, 0.25) is 0 Å². The van der Waals surface area contributed by atoms with E-state index in [4.69, 9.17) is 0 Å². The zero-order chi connectivity index (χ0) is 21.3. The number of carbonyl (C=O) groups is 1. The van der Waals surface area contributed by atoms with Gasteiger partial charge in [0, 0.05) is 40.1 Å². The van der Waals surface area contributed by atoms with Gasteiger partial charge < -0.3 is 9.88 Å². The smallest absolute Gasteiger partial charge is 0.239 e. The van der Waals surface area contributed by atoms with E-state index in [2.05, 4.69) is 28.9 Å². The number of nitrogens with zero attached hydrogens (tertiary/aromatic N) is 2. The van der Waals surface area contributed by atoms with Crippen molar-refractivity contribution in [2.75, 3.05) is 18.1 Å². The molecule has 30 heavy (non-hydrogen) atoms. The van der Waals surface area contributed by atoms with Crippen LogP contribution in [0.4, 0.5) is 5.69 Å². The molecule has 1 N–H and O–H groups in total. The van der Waals surface area contributed by atoms with Crippen LogP contribution in [0.25, 0.3) is 21.8 Å². The standard InChI is InChI=1S/C23H29N3O3S/c1-3-25-21-12-8-7-11-19(21)20-15-17(13-14-22(20)25)24-23(27)16-26(30(2,28)29)18-9-5-4-6-10-18/h7-8,11-15,18H,3-6,9-10,16H2,1-2H3,(H,24,27). The Morgan fingerprint density at radius 1 is 1.07 bits per heavy atom. The second-order valence-electron chi connectivity index (χ2n) is 8.14. The zero-order valence-electron chi connectivity index (χ0n) is 17.6. The molecular weight excluding hydrogens is 398 g/mol. The number of aryl methyl sites for hydroxylation is 1. The van der Waals surface area contributed by atoms with Crippen LogP contribution < -0.4 is 5.32 Å². The van der Waals surface area contributed by atoms with Gasteiger partial charge in [-0.2, -0.15) is 4.31 Å². The van der Waals surface area contributed by atoms with Crippen LogP contribution in [-0.4, -0.2) is 42.0 Å². The number of amides is 1. The summed E-state index contributed by atoms with van der Waals surface area (Å²) in [4.78, 5) is 12.8. The Morgan fingerprint density at radius 3 is 2.47 bits per heavy atom. The molecule has 0 radical (unpaired) electrons. The molecule has 1 aliphatic rings. The van der Waals surface area contributed by atoms with E-state index in [-0.39, 0.29) is 18.5 Å². The fourth-order valence-electron chi connectivity index (χ4n) is 4.70. The first-order chi connectivity index (χ1) is 14.4. The van der Waals surface area contributed by atoms with Crippen molar-refractivity contribution in [1.29, 1.82) is 0 Å². The van der Waals surface area contributed by atoms with Crippen LogP contribution in [0.15, 0.2) is 42.5 Å². The number of nitrogens with one attached hydrogen (secondary N) is 1. The van der Waals surface area contributed by atoms with Crippen LogP contribution >= 0.6 is 0 Å². The maximum absolute atomic E-state index is 12.8. The zero-order valence-corrected chi connectivity index (χ0v) is 18.4. The van der Waals surface area contributed by atoms with Gasteiger partial charge >= 0.3 is 0 Å². The number of aromatic nitrogens is 1. The minimum absolute atomic E-state index is 0.0792. The lowest BCUT2D eigenvalue weighted by Crippen LogP contribution is -2.45. The summed E-state index contributed by atoms with van der Waals surface area (Å²) in [6.45, 7) is 2.84. The molecule has 1 aliphatic carbocycles. The first kappa shape index (κ1) is 20.9. The normalized spacial score (nSPS) is 15.8. The van der Waals surface area contributed by atoms with Gasteiger partial charge in [-0.1, -0.05) is 37.5 Å². The number of fused-ring (bicyclic) bond motifs is 3. The van der Waals surface area contributed by atoms with E-state index in [9.17, 15) is 13.2 Å². The van der Waals surface area contributed by atoms with Crippen LogP contribution in [0, 0.1) is 0 Å². The van der Waals surface area contributed by atoms with Crippen LogP contribution in [0.5, 0.6) is 0 Å². The first-order valence-corrected chi connectivity index (χ1v) is 12.5. The van der Waals surface area contributed by atoms with Gasteiger partial charge in [0.05, 0.1) is 12.8 Å². The van der Waals surface area contributed by atoms with Gasteiger partial charge in [0.1, 0.15) is 0 Å². The van der Waals surface area contributed by atoms with Crippen LogP contribution in [0.3, 0.4) is 0 Å². The quantitative estimate of drug-likeness (QED) is 0.636. The molecule has 7 heteroatoms. The molecular formula is C23H29N3O3S. The lowest BCUT2D eigenvalue weighted by molar-refractivity contribution is -0.116. The highest BCUT2D eigenvalue weighted by Gasteiger charge is 2.29. The molecule has 0 bridgehead atoms. The third-order valence-electron chi connectivity index (χ3n) is 6.08. The molecule has 1 aromatic heterocycles. The molecule has 1 saturated carbocycles. The van der Waals surface area contributed by atoms with Crippen LogP contribution in [-0.2, 0) is 21.4 Å². The minimum atomic E-state index is -3.45. The van der Waals surface area contributed by atoms with Gasteiger partial charge in [-0.25, -0.2) is 8.42 Å². The number of rotatable bonds is 6. The largest absolute Gasteiger partial charge is 0.341 e. The van der Waals surface area contributed by atoms with E-state index in [1.165, 1.54) is 16.1 Å². The molecule has 1 amide bonds. The predicted molar refractivity (Wildman–Crippen MR) is 122 cm³/mol. The molecule has 0 atom stereocenters. The van der Waals surface area contributed by atoms with Crippen molar-refractivity contribution in [1.82, 2.24) is 8.87 Å². The number of para-hydroxylation sites is 1. The number of anilines is 1. The minimum Gasteiger partial charge on any atom is -0.341 e. The fourth-order valence-corrected chi connectivity index (χ4v) is 5.80. The fraction of sp³-hybridized carbons (Fsp3) is 0.435. The molecule has 0 unspecified atom stereocenters. The average Bonchev–Trinajstić information content (AvgIpc) is 3.05. The van der Waals surface area contributed by atoms with Gasteiger partial charge in [0.15, 0.2) is 0 Å². The van der Waals surface area contributed by atoms with E-state index in [0.717, 1.165) is 54.9 Å². The molecule has 6 nitrogen and oxygen atoms in total. The SMILES string of the molecule is CCn1c2ccccc2c2cc(NC(=O)CN(C3CCCCC3)S(C)(=O)=O)ccc21. The maximum atomic E-state index is 12.8. The summed E-state index contributed by atoms with van der Waals surface area (Å²) < 4.78 is 28.3. The summed E-state index contributed by atoms with van der Waals surface area (Å²) in [5.74, 6) is -0.301. The van der Waals surface area contributed by atoms with Crippen molar-refractivity contribution in [3.05, 3.63) is 42.5 Å². The van der Waals surface area contributed by atoms with E-state index in [0.29, 0.717) is 5.69 Å². The van der Waals surface area contributed by atoms with Gasteiger partial charge in [-0.15, -0.1) is 0 Å². The third kappa shape index (κ3) is 4.09. The Labute approximate surface area is 177 Å². The summed E-state index contributed by atoms with van der Waals surface area (Å²) in [6.07, 6.45) is 5.99. The highest BCUT2D eigenvalue weighted by Crippen LogP contribution is 2.31. The van der Waals surface area contributed by atoms with Gasteiger partial charge in [0.25, 0.3) is 0 Å². The van der Waals surface area contributed by atoms with Crippen molar-refractivity contribution < 1.29 is 13.2 Å². The summed E-state index contributed by atoms with van der Waals surface area (Å²) in [7, 11) is -3.45. The second kappa shape index (κ2) is 8.40. The van der Waals surface area contributed by atoms with E-state index < -0.39 is 10.0 Å². The molecule has 1 heterocycles. The highest BCUT2D eigenvalue weighted by molar-refractivity contribution is 7.88. The number of hydrogen-bond acceptors (Lipinski definition) is 3. The Balaban J connectivity index is 1.58. The summed E-state index contributed by atoms with van der Waals surface area (Å²) in [5, 5.41) is 5.14. The number of sulfonamides is 1. The molecule has 160 valence electrons. The monoisotopic (exact) mass is 427 g/mol. The first-order valence-electron chi connectivity index (χ1n) is 10.7. The van der Waals surface area contributed by atoms with Gasteiger partial charge in [-0.05, 0) is 44.0 Å². The van der Waals surface area contributed by atoms with Crippen LogP contribution in [0.1, 0.15) is 39.0 Å². The Hall–Kier alpha value is -2.38. The highest BCUT2D eigenvalue weighted by atomic mass is 32.2. The molecule has 2 aromatic carbocycles. The van der Waals surface area contributed by atoms with Crippen molar-refractivity contribution in [2.45, 2.75) is 51.6 Å². The van der Waals surface area contributed by atoms with Gasteiger partial charge in [0.2, 0.25) is 15.9 Å². The summed E-state index contributed by atoms with van der Waals surface area (Å²) in [6, 6.07) is 14.0. The van der Waals surface area contributed by atoms with Crippen molar-refractivity contribution >= 4 is 43.4 Å². The van der Waals surface area contributed by atoms with E-state index >= 15 is 0 Å². The lowest BCUT2D eigenvalue weighted by Gasteiger charge is -2.31. The lowest BCUT2D eigenvalue weighted by atomic mass is 9.95. The Morgan fingerprint density at radius 2 is 1.77 bits per heavy atom. The van der Waals surface area contributed by atoms with Gasteiger partial charge in [-0.3, -0.25) is 4.79 Å². The van der Waals surface area contributed by atoms with E-state index in [1.54, 1.807) is 0 Å². The topological polar surface area (TPSA) is 71.4 Å². The number of carbonyl (C=O) groups excluding carboxylic acids is 1. The molecule has 4 rings (SSSR count). The summed E-state index contributed by atoms with van der Waals surface area (Å²) >= 11 is 0. The third-order valence-corrected chi connectivity index (χ3v) is 7.36. The number of hydrogen-bond donors (Lipinski definition) is 1. The molecule has 1 fully saturated rings. The second-order valence-corrected chi connectivity index (χ2v) is 10.1. The Kier molecular flexibility index (Phi) is 5.84. The predicted octanol–water partition coefficient (Wildman–Crippen LogP) is 4.35. The summed E-state index contributed by atoms with van der Waals surface area (Å²) in [5.41, 5.74) is 2.97. The Bertz CT molecular complexity index is 1180. The van der Waals surface area contributed by atoms with E-state index in [1.807, 2.05) is 30.3 Å². The maximum Gasteiger partial charge on any atom is 0.239 e. The van der Waals surface area contributed by atoms with Crippen molar-refractivity contribution in [2.24, 2.45) is 0 Å². The molecule has 3 aromatic rings. The number of benzene rings is 2. The molecule has 0 aliphatic heterocycles. The van der Waals surface area contributed by atoms with Crippen molar-refractivity contribution in [3.63, 3.8) is 0 Å². The average molecular weight is 428 g/mol.